The lowest BCUT2D eigenvalue weighted by Gasteiger charge is -2.44. The van der Waals surface area contributed by atoms with Gasteiger partial charge in [-0.05, 0) is 32.9 Å². The smallest absolute Gasteiger partial charge is 0.0793 e. The third-order valence-corrected chi connectivity index (χ3v) is 3.62. The molecule has 2 rings (SSSR count). The Balaban J connectivity index is 2.14. The third-order valence-electron chi connectivity index (χ3n) is 3.62. The van der Waals surface area contributed by atoms with Gasteiger partial charge in [0.1, 0.15) is 0 Å². The first kappa shape index (κ1) is 13.4. The molecule has 18 heavy (non-hydrogen) atoms. The SMILES string of the molecule is CCN(c1ccccc1)[C@H]1COC(C)(C)C[C@@H]1O. The molecule has 1 aromatic rings. The van der Waals surface area contributed by atoms with Gasteiger partial charge in [0.05, 0.1) is 24.4 Å². The molecule has 0 radical (unpaired) electrons. The van der Waals surface area contributed by atoms with Crippen LogP contribution in [0.1, 0.15) is 27.2 Å². The number of ether oxygens (including phenoxy) is 1. The van der Waals surface area contributed by atoms with E-state index in [0.29, 0.717) is 13.0 Å². The van der Waals surface area contributed by atoms with Crippen molar-refractivity contribution in [3.05, 3.63) is 30.3 Å². The average Bonchev–Trinajstić information content (AvgIpc) is 2.33. The molecule has 0 saturated carbocycles. The lowest BCUT2D eigenvalue weighted by molar-refractivity contribution is -0.108. The molecule has 2 atom stereocenters. The van der Waals surface area contributed by atoms with Crippen molar-refractivity contribution < 1.29 is 9.84 Å². The highest BCUT2D eigenvalue weighted by Crippen LogP contribution is 2.29. The van der Waals surface area contributed by atoms with Crippen LogP contribution < -0.4 is 4.90 Å². The molecule has 1 saturated heterocycles. The van der Waals surface area contributed by atoms with Crippen LogP contribution >= 0.6 is 0 Å². The molecule has 100 valence electrons. The summed E-state index contributed by atoms with van der Waals surface area (Å²) in [7, 11) is 0. The van der Waals surface area contributed by atoms with Crippen LogP contribution in [0.15, 0.2) is 30.3 Å². The van der Waals surface area contributed by atoms with Gasteiger partial charge in [0.25, 0.3) is 0 Å². The number of likely N-dealkylation sites (N-methyl/N-ethyl adjacent to an activating group) is 1. The van der Waals surface area contributed by atoms with Crippen LogP contribution in [0.3, 0.4) is 0 Å². The van der Waals surface area contributed by atoms with Gasteiger partial charge in [-0.1, -0.05) is 18.2 Å². The number of para-hydroxylation sites is 1. The monoisotopic (exact) mass is 249 g/mol. The average molecular weight is 249 g/mol. The van der Waals surface area contributed by atoms with Crippen LogP contribution in [-0.2, 0) is 4.74 Å². The maximum atomic E-state index is 10.3. The van der Waals surface area contributed by atoms with Crippen molar-refractivity contribution in [2.24, 2.45) is 0 Å². The first-order chi connectivity index (χ1) is 8.53. The van der Waals surface area contributed by atoms with Gasteiger partial charge < -0.3 is 14.7 Å². The fourth-order valence-corrected chi connectivity index (χ4v) is 2.65. The van der Waals surface area contributed by atoms with Crippen LogP contribution in [0.2, 0.25) is 0 Å². The van der Waals surface area contributed by atoms with Gasteiger partial charge in [-0.3, -0.25) is 0 Å². The van der Waals surface area contributed by atoms with E-state index < -0.39 is 0 Å². The molecule has 1 aliphatic rings. The lowest BCUT2D eigenvalue weighted by atomic mass is 9.92. The van der Waals surface area contributed by atoms with Crippen molar-refractivity contribution in [2.45, 2.75) is 44.9 Å². The molecule has 0 spiro atoms. The fourth-order valence-electron chi connectivity index (χ4n) is 2.65. The first-order valence-electron chi connectivity index (χ1n) is 6.67. The predicted molar refractivity (Wildman–Crippen MR) is 73.9 cm³/mol. The Hall–Kier alpha value is -1.06. The minimum absolute atomic E-state index is 0.0467. The van der Waals surface area contributed by atoms with Crippen LogP contribution in [0.4, 0.5) is 5.69 Å². The summed E-state index contributed by atoms with van der Waals surface area (Å²) < 4.78 is 5.85. The maximum Gasteiger partial charge on any atom is 0.0793 e. The van der Waals surface area contributed by atoms with Crippen LogP contribution in [0.25, 0.3) is 0 Å². The van der Waals surface area contributed by atoms with E-state index in [4.69, 9.17) is 4.74 Å². The largest absolute Gasteiger partial charge is 0.391 e. The number of anilines is 1. The van der Waals surface area contributed by atoms with Crippen molar-refractivity contribution in [2.75, 3.05) is 18.1 Å². The summed E-state index contributed by atoms with van der Waals surface area (Å²) in [4.78, 5) is 2.22. The summed E-state index contributed by atoms with van der Waals surface area (Å²) in [5.74, 6) is 0. The molecule has 1 heterocycles. The summed E-state index contributed by atoms with van der Waals surface area (Å²) in [6, 6.07) is 10.3. The fraction of sp³-hybridized carbons (Fsp3) is 0.600. The normalized spacial score (nSPS) is 26.9. The van der Waals surface area contributed by atoms with E-state index >= 15 is 0 Å². The topological polar surface area (TPSA) is 32.7 Å². The molecule has 0 bridgehead atoms. The van der Waals surface area contributed by atoms with Gasteiger partial charge in [-0.2, -0.15) is 0 Å². The van der Waals surface area contributed by atoms with E-state index in [-0.39, 0.29) is 17.7 Å². The van der Waals surface area contributed by atoms with Crippen molar-refractivity contribution in [1.82, 2.24) is 0 Å². The highest BCUT2D eigenvalue weighted by atomic mass is 16.5. The van der Waals surface area contributed by atoms with Crippen LogP contribution in [-0.4, -0.2) is 36.0 Å². The summed E-state index contributed by atoms with van der Waals surface area (Å²) >= 11 is 0. The standard InChI is InChI=1S/C15H23NO2/c1-4-16(12-8-6-5-7-9-12)13-11-18-15(2,3)10-14(13)17/h5-9,13-14,17H,4,10-11H2,1-3H3/t13-,14-/m0/s1. The van der Waals surface area contributed by atoms with Gasteiger partial charge in [0.15, 0.2) is 0 Å². The Labute approximate surface area is 109 Å². The van der Waals surface area contributed by atoms with Gasteiger partial charge in [-0.15, -0.1) is 0 Å². The van der Waals surface area contributed by atoms with E-state index in [1.165, 1.54) is 0 Å². The highest BCUT2D eigenvalue weighted by molar-refractivity contribution is 5.47. The third kappa shape index (κ3) is 2.85. The molecule has 0 unspecified atom stereocenters. The highest BCUT2D eigenvalue weighted by Gasteiger charge is 2.37. The maximum absolute atomic E-state index is 10.3. The zero-order chi connectivity index (χ0) is 13.2. The zero-order valence-electron chi connectivity index (χ0n) is 11.5. The van der Waals surface area contributed by atoms with Crippen molar-refractivity contribution in [3.63, 3.8) is 0 Å². The number of rotatable bonds is 3. The molecule has 1 aliphatic heterocycles. The molecule has 3 heteroatoms. The first-order valence-corrected chi connectivity index (χ1v) is 6.67. The van der Waals surface area contributed by atoms with E-state index in [1.807, 2.05) is 32.0 Å². The number of hydrogen-bond donors (Lipinski definition) is 1. The molecule has 3 nitrogen and oxygen atoms in total. The summed E-state index contributed by atoms with van der Waals surface area (Å²) in [6.45, 7) is 7.63. The van der Waals surface area contributed by atoms with Crippen LogP contribution in [0.5, 0.6) is 0 Å². The zero-order valence-corrected chi connectivity index (χ0v) is 11.5. The summed E-state index contributed by atoms with van der Waals surface area (Å²) in [6.07, 6.45) is 0.343. The Morgan fingerprint density at radius 2 is 2.00 bits per heavy atom. The molecular weight excluding hydrogens is 226 g/mol. The van der Waals surface area contributed by atoms with Gasteiger partial charge in [-0.25, -0.2) is 0 Å². The van der Waals surface area contributed by atoms with Gasteiger partial charge >= 0.3 is 0 Å². The predicted octanol–water partition coefficient (Wildman–Crippen LogP) is 2.44. The Morgan fingerprint density at radius 3 is 2.56 bits per heavy atom. The molecule has 0 aromatic heterocycles. The van der Waals surface area contributed by atoms with Gasteiger partial charge in [0, 0.05) is 18.7 Å². The Kier molecular flexibility index (Phi) is 3.93. The second kappa shape index (κ2) is 5.29. The second-order valence-corrected chi connectivity index (χ2v) is 5.53. The van der Waals surface area contributed by atoms with E-state index in [2.05, 4.69) is 24.0 Å². The van der Waals surface area contributed by atoms with E-state index in [0.717, 1.165) is 12.2 Å². The quantitative estimate of drug-likeness (QED) is 0.893. The molecule has 1 fully saturated rings. The number of aliphatic hydroxyl groups is 1. The molecule has 1 N–H and O–H groups in total. The van der Waals surface area contributed by atoms with E-state index in [9.17, 15) is 5.11 Å². The minimum Gasteiger partial charge on any atom is -0.391 e. The summed E-state index contributed by atoms with van der Waals surface area (Å²) in [5, 5.41) is 10.3. The van der Waals surface area contributed by atoms with Crippen LogP contribution in [0, 0.1) is 0 Å². The van der Waals surface area contributed by atoms with Gasteiger partial charge in [0.2, 0.25) is 0 Å². The minimum atomic E-state index is -0.339. The molecular formula is C15H23NO2. The molecule has 0 aliphatic carbocycles. The number of hydrogen-bond acceptors (Lipinski definition) is 3. The van der Waals surface area contributed by atoms with Crippen molar-refractivity contribution >= 4 is 5.69 Å². The lowest BCUT2D eigenvalue weighted by Crippen LogP contribution is -2.54. The molecule has 0 amide bonds. The number of nitrogens with zero attached hydrogens (tertiary/aromatic N) is 1. The Morgan fingerprint density at radius 1 is 1.33 bits per heavy atom. The number of aliphatic hydroxyl groups excluding tert-OH is 1. The Bertz CT molecular complexity index is 377. The number of benzene rings is 1. The van der Waals surface area contributed by atoms with Crippen molar-refractivity contribution in [3.8, 4) is 0 Å². The molecule has 1 aromatic carbocycles. The second-order valence-electron chi connectivity index (χ2n) is 5.53. The van der Waals surface area contributed by atoms with E-state index in [1.54, 1.807) is 0 Å². The van der Waals surface area contributed by atoms with Crippen molar-refractivity contribution in [1.29, 1.82) is 0 Å². The summed E-state index contributed by atoms with van der Waals surface area (Å²) in [5.41, 5.74) is 0.929.